The highest BCUT2D eigenvalue weighted by molar-refractivity contribution is 6.74. The molecular weight excluding hydrogens is 450 g/mol. The third-order valence-electron chi connectivity index (χ3n) is 6.33. The molecule has 0 bridgehead atoms. The Morgan fingerprint density at radius 2 is 1.74 bits per heavy atom. The molecule has 2 N–H and O–H groups in total. The van der Waals surface area contributed by atoms with Crippen molar-refractivity contribution in [1.82, 2.24) is 10.2 Å². The summed E-state index contributed by atoms with van der Waals surface area (Å²) in [5.74, 6) is -0.541. The molecule has 0 aromatic heterocycles. The molecule has 1 atom stereocenters. The van der Waals surface area contributed by atoms with Gasteiger partial charge in [0.2, 0.25) is 11.8 Å². The van der Waals surface area contributed by atoms with E-state index in [0.717, 1.165) is 12.0 Å². The summed E-state index contributed by atoms with van der Waals surface area (Å²) in [7, 11) is -1.95. The van der Waals surface area contributed by atoms with Gasteiger partial charge in [0, 0.05) is 12.2 Å². The summed E-state index contributed by atoms with van der Waals surface area (Å²) in [4.78, 5) is 39.2. The predicted octanol–water partition coefficient (Wildman–Crippen LogP) is 4.66. The van der Waals surface area contributed by atoms with E-state index in [-0.39, 0.29) is 23.4 Å². The molecule has 3 amide bonds. The van der Waals surface area contributed by atoms with Crippen molar-refractivity contribution in [2.24, 2.45) is 0 Å². The zero-order valence-electron chi connectivity index (χ0n) is 21.9. The number of anilines is 1. The van der Waals surface area contributed by atoms with Crippen LogP contribution in [-0.2, 0) is 25.4 Å². The van der Waals surface area contributed by atoms with Crippen LogP contribution in [0.15, 0.2) is 24.3 Å². The van der Waals surface area contributed by atoms with E-state index < -0.39 is 26.1 Å². The third-order valence-corrected chi connectivity index (χ3v) is 10.8. The maximum absolute atomic E-state index is 13.1. The molecule has 1 saturated heterocycles. The van der Waals surface area contributed by atoms with Crippen molar-refractivity contribution >= 4 is 31.9 Å². The van der Waals surface area contributed by atoms with Gasteiger partial charge >= 0.3 is 6.09 Å². The second kappa shape index (κ2) is 10.9. The van der Waals surface area contributed by atoms with Crippen LogP contribution in [0.5, 0.6) is 0 Å². The Morgan fingerprint density at radius 3 is 2.35 bits per heavy atom. The molecule has 1 heterocycles. The van der Waals surface area contributed by atoms with Gasteiger partial charge < -0.3 is 24.7 Å². The standard InChI is InChI=1S/C25H41N3O5Si/c1-24(2,3)33-23(31)26-16-21(29)28-15-11-14-20(28)22(30)27-19-13-10-9-12-18(19)17-32-34(7,8)25(4,5)6/h9-10,12-13,20H,11,14-17H2,1-8H3,(H,26,31)(H,27,30)/t20-/m0/s1. The summed E-state index contributed by atoms with van der Waals surface area (Å²) in [6.45, 7) is 16.9. The molecule has 0 aliphatic carbocycles. The van der Waals surface area contributed by atoms with E-state index >= 15 is 0 Å². The van der Waals surface area contributed by atoms with Gasteiger partial charge in [0.15, 0.2) is 8.32 Å². The second-order valence-corrected chi connectivity index (χ2v) is 16.1. The van der Waals surface area contributed by atoms with Crippen molar-refractivity contribution in [3.63, 3.8) is 0 Å². The van der Waals surface area contributed by atoms with Gasteiger partial charge in [-0.15, -0.1) is 0 Å². The van der Waals surface area contributed by atoms with Crippen LogP contribution in [0.1, 0.15) is 59.9 Å². The van der Waals surface area contributed by atoms with Crippen LogP contribution in [0.3, 0.4) is 0 Å². The van der Waals surface area contributed by atoms with Gasteiger partial charge in [-0.2, -0.15) is 0 Å². The molecule has 1 aliphatic heterocycles. The third kappa shape index (κ3) is 7.84. The van der Waals surface area contributed by atoms with Gasteiger partial charge in [-0.25, -0.2) is 4.79 Å². The largest absolute Gasteiger partial charge is 0.444 e. The van der Waals surface area contributed by atoms with E-state index in [0.29, 0.717) is 25.3 Å². The fourth-order valence-electron chi connectivity index (χ4n) is 3.36. The first kappa shape index (κ1) is 27.8. The quantitative estimate of drug-likeness (QED) is 0.541. The normalized spacial score (nSPS) is 16.8. The number of likely N-dealkylation sites (tertiary alicyclic amines) is 1. The first-order valence-corrected chi connectivity index (χ1v) is 14.8. The summed E-state index contributed by atoms with van der Waals surface area (Å²) in [6.07, 6.45) is 0.649. The summed E-state index contributed by atoms with van der Waals surface area (Å²) in [5.41, 5.74) is 0.950. The summed E-state index contributed by atoms with van der Waals surface area (Å²) < 4.78 is 11.5. The fourth-order valence-corrected chi connectivity index (χ4v) is 4.31. The molecule has 34 heavy (non-hydrogen) atoms. The Morgan fingerprint density at radius 1 is 1.09 bits per heavy atom. The fraction of sp³-hybridized carbons (Fsp3) is 0.640. The zero-order valence-corrected chi connectivity index (χ0v) is 22.9. The number of nitrogens with zero attached hydrogens (tertiary/aromatic N) is 1. The first-order valence-electron chi connectivity index (χ1n) is 11.9. The number of rotatable bonds is 7. The number of hydrogen-bond donors (Lipinski definition) is 2. The maximum Gasteiger partial charge on any atom is 0.408 e. The molecule has 1 aromatic carbocycles. The summed E-state index contributed by atoms with van der Waals surface area (Å²) in [5, 5.41) is 5.57. The molecule has 0 spiro atoms. The van der Waals surface area contributed by atoms with Gasteiger partial charge in [0.05, 0.1) is 6.61 Å². The Hall–Kier alpha value is -2.39. The molecule has 1 aliphatic rings. The van der Waals surface area contributed by atoms with Crippen molar-refractivity contribution < 1.29 is 23.5 Å². The second-order valence-electron chi connectivity index (χ2n) is 11.3. The van der Waals surface area contributed by atoms with Crippen LogP contribution in [-0.4, -0.2) is 55.9 Å². The van der Waals surface area contributed by atoms with Crippen LogP contribution in [0.4, 0.5) is 10.5 Å². The summed E-state index contributed by atoms with van der Waals surface area (Å²) >= 11 is 0. The van der Waals surface area contributed by atoms with E-state index in [1.165, 1.54) is 4.90 Å². The van der Waals surface area contributed by atoms with Crippen LogP contribution < -0.4 is 10.6 Å². The monoisotopic (exact) mass is 491 g/mol. The van der Waals surface area contributed by atoms with E-state index in [4.69, 9.17) is 9.16 Å². The van der Waals surface area contributed by atoms with Crippen LogP contribution in [0.25, 0.3) is 0 Å². The number of carbonyl (C=O) groups excluding carboxylic acids is 3. The molecule has 0 unspecified atom stereocenters. The average Bonchev–Trinajstić information content (AvgIpc) is 3.19. The highest BCUT2D eigenvalue weighted by Gasteiger charge is 2.37. The zero-order chi connectivity index (χ0) is 25.7. The molecule has 1 aromatic rings. The lowest BCUT2D eigenvalue weighted by Gasteiger charge is -2.36. The molecule has 9 heteroatoms. The summed E-state index contributed by atoms with van der Waals surface area (Å²) in [6, 6.07) is 7.02. The number of ether oxygens (including phenoxy) is 1. The van der Waals surface area contributed by atoms with Crippen molar-refractivity contribution in [3.8, 4) is 0 Å². The molecule has 0 radical (unpaired) electrons. The molecule has 190 valence electrons. The van der Waals surface area contributed by atoms with Gasteiger partial charge in [-0.05, 0) is 63.4 Å². The first-order chi connectivity index (χ1) is 15.6. The number of hydrogen-bond acceptors (Lipinski definition) is 5. The minimum Gasteiger partial charge on any atom is -0.444 e. The van der Waals surface area contributed by atoms with Crippen LogP contribution >= 0.6 is 0 Å². The van der Waals surface area contributed by atoms with Crippen molar-refractivity contribution in [2.45, 2.75) is 90.8 Å². The van der Waals surface area contributed by atoms with Gasteiger partial charge in [0.25, 0.3) is 0 Å². The highest BCUT2D eigenvalue weighted by atomic mass is 28.4. The number of para-hydroxylation sites is 1. The SMILES string of the molecule is CC(C)(C)OC(=O)NCC(=O)N1CCC[C@H]1C(=O)Nc1ccccc1CO[Si](C)(C)C(C)(C)C. The number of carbonyl (C=O) groups is 3. The van der Waals surface area contributed by atoms with Crippen LogP contribution in [0, 0.1) is 0 Å². The van der Waals surface area contributed by atoms with E-state index in [1.54, 1.807) is 20.8 Å². The number of alkyl carbamates (subject to hydrolysis) is 1. The Balaban J connectivity index is 2.01. The molecule has 2 rings (SSSR count). The minimum atomic E-state index is -1.95. The smallest absolute Gasteiger partial charge is 0.408 e. The number of amides is 3. The van der Waals surface area contributed by atoms with Crippen molar-refractivity contribution in [2.75, 3.05) is 18.4 Å². The highest BCUT2D eigenvalue weighted by Crippen LogP contribution is 2.37. The topological polar surface area (TPSA) is 97.0 Å². The Labute approximate surface area is 204 Å². The molecular formula is C25H41N3O5Si. The van der Waals surface area contributed by atoms with Crippen molar-refractivity contribution in [1.29, 1.82) is 0 Å². The van der Waals surface area contributed by atoms with E-state index in [9.17, 15) is 14.4 Å². The average molecular weight is 492 g/mol. The van der Waals surface area contributed by atoms with Crippen molar-refractivity contribution in [3.05, 3.63) is 29.8 Å². The van der Waals surface area contributed by atoms with Gasteiger partial charge in [-0.1, -0.05) is 39.0 Å². The van der Waals surface area contributed by atoms with Gasteiger partial charge in [0.1, 0.15) is 18.2 Å². The lowest BCUT2D eigenvalue weighted by atomic mass is 10.1. The molecule has 8 nitrogen and oxygen atoms in total. The molecule has 1 fully saturated rings. The van der Waals surface area contributed by atoms with E-state index in [2.05, 4.69) is 44.5 Å². The number of benzene rings is 1. The lowest BCUT2D eigenvalue weighted by molar-refractivity contribution is -0.135. The van der Waals surface area contributed by atoms with Crippen LogP contribution in [0.2, 0.25) is 18.1 Å². The number of nitrogens with one attached hydrogen (secondary N) is 2. The maximum atomic E-state index is 13.1. The van der Waals surface area contributed by atoms with Gasteiger partial charge in [-0.3, -0.25) is 9.59 Å². The predicted molar refractivity (Wildman–Crippen MR) is 136 cm³/mol. The molecule has 0 saturated carbocycles. The Kier molecular flexibility index (Phi) is 8.93. The minimum absolute atomic E-state index is 0.0865. The Bertz CT molecular complexity index is 889. The lowest BCUT2D eigenvalue weighted by Crippen LogP contribution is -2.47. The van der Waals surface area contributed by atoms with E-state index in [1.807, 2.05) is 24.3 Å².